The van der Waals surface area contributed by atoms with Crippen molar-refractivity contribution in [2.24, 2.45) is 0 Å². The summed E-state index contributed by atoms with van der Waals surface area (Å²) < 4.78 is 30.0. The van der Waals surface area contributed by atoms with Crippen molar-refractivity contribution in [2.45, 2.75) is 35.6 Å². The summed E-state index contributed by atoms with van der Waals surface area (Å²) >= 11 is 0. The van der Waals surface area contributed by atoms with Crippen LogP contribution >= 0.6 is 10.7 Å². The number of carbonyl (C=O) groups is 1. The van der Waals surface area contributed by atoms with Gasteiger partial charge in [-0.3, -0.25) is 0 Å². The van der Waals surface area contributed by atoms with Crippen LogP contribution in [0.25, 0.3) is 11.1 Å². The number of hydrogen-bond acceptors (Lipinski definition) is 4. The molecule has 1 N–H and O–H groups in total. The zero-order chi connectivity index (χ0) is 26.3. The second-order valence-electron chi connectivity index (χ2n) is 9.79. The highest BCUT2D eigenvalue weighted by molar-refractivity contribution is 8.13. The van der Waals surface area contributed by atoms with Gasteiger partial charge in [0, 0.05) is 22.5 Å². The van der Waals surface area contributed by atoms with Crippen molar-refractivity contribution in [3.8, 4) is 11.1 Å². The number of nitrogens with one attached hydrogen (secondary N) is 1. The van der Waals surface area contributed by atoms with E-state index in [4.69, 9.17) is 15.4 Å². The van der Waals surface area contributed by atoms with Crippen molar-refractivity contribution < 1.29 is 17.9 Å². The van der Waals surface area contributed by atoms with Gasteiger partial charge < -0.3 is 10.1 Å². The number of fused-ring (bicyclic) bond motifs is 4. The highest BCUT2D eigenvalue weighted by atomic mass is 35.7. The first-order valence-corrected chi connectivity index (χ1v) is 15.0. The molecule has 6 rings (SSSR count). The molecular formula is C31H26ClNO4S. The molecule has 0 unspecified atom stereocenters. The summed E-state index contributed by atoms with van der Waals surface area (Å²) in [6.07, 6.45) is 0.918. The van der Waals surface area contributed by atoms with Crippen LogP contribution in [0.2, 0.25) is 0 Å². The van der Waals surface area contributed by atoms with E-state index in [-0.39, 0.29) is 29.4 Å². The van der Waals surface area contributed by atoms with Crippen molar-refractivity contribution in [3.63, 3.8) is 0 Å². The van der Waals surface area contributed by atoms with Gasteiger partial charge in [-0.25, -0.2) is 13.2 Å². The lowest BCUT2D eigenvalue weighted by molar-refractivity contribution is 0.137. The molecule has 2 aliphatic rings. The van der Waals surface area contributed by atoms with Gasteiger partial charge >= 0.3 is 6.09 Å². The van der Waals surface area contributed by atoms with Crippen molar-refractivity contribution in [1.82, 2.24) is 5.32 Å². The monoisotopic (exact) mass is 543 g/mol. The van der Waals surface area contributed by atoms with Crippen molar-refractivity contribution in [1.29, 1.82) is 0 Å². The summed E-state index contributed by atoms with van der Waals surface area (Å²) in [4.78, 5) is 13.1. The van der Waals surface area contributed by atoms with Crippen LogP contribution in [0.3, 0.4) is 0 Å². The van der Waals surface area contributed by atoms with Gasteiger partial charge in [0.1, 0.15) is 6.61 Å². The normalized spacial score (nSPS) is 18.2. The molecule has 38 heavy (non-hydrogen) atoms. The minimum absolute atomic E-state index is 0.0194. The largest absolute Gasteiger partial charge is 0.449 e. The maximum atomic E-state index is 13.1. The van der Waals surface area contributed by atoms with E-state index in [0.29, 0.717) is 6.42 Å². The van der Waals surface area contributed by atoms with Gasteiger partial charge in [-0.05, 0) is 63.9 Å². The Bertz CT molecular complexity index is 1570. The van der Waals surface area contributed by atoms with Crippen LogP contribution in [0.4, 0.5) is 4.79 Å². The average Bonchev–Trinajstić information content (AvgIpc) is 3.25. The molecule has 0 fully saturated rings. The first-order valence-electron chi connectivity index (χ1n) is 12.6. The van der Waals surface area contributed by atoms with Crippen LogP contribution in [-0.4, -0.2) is 21.1 Å². The van der Waals surface area contributed by atoms with Gasteiger partial charge in [-0.1, -0.05) is 84.9 Å². The lowest BCUT2D eigenvalue weighted by Crippen LogP contribution is -2.33. The third kappa shape index (κ3) is 4.59. The summed E-state index contributed by atoms with van der Waals surface area (Å²) in [5.41, 5.74) is 7.50. The topological polar surface area (TPSA) is 72.5 Å². The van der Waals surface area contributed by atoms with E-state index in [2.05, 4.69) is 41.7 Å². The minimum Gasteiger partial charge on any atom is -0.449 e. The molecular weight excluding hydrogens is 518 g/mol. The summed E-state index contributed by atoms with van der Waals surface area (Å²) in [7, 11) is 1.75. The summed E-state index contributed by atoms with van der Waals surface area (Å²) in [5, 5.41) is 3.00. The quantitative estimate of drug-likeness (QED) is 0.272. The lowest BCUT2D eigenvalue weighted by atomic mass is 9.77. The SMILES string of the molecule is O=C(N[C@H]1CC[C@@H](c2ccccc2)c2ccc(S(=O)(=O)Cl)cc21)OCC1c2ccccc2-c2ccccc21. The number of halogens is 1. The molecule has 0 aliphatic heterocycles. The van der Waals surface area contributed by atoms with Gasteiger partial charge in [0.15, 0.2) is 0 Å². The van der Waals surface area contributed by atoms with Gasteiger partial charge in [-0.2, -0.15) is 0 Å². The molecule has 7 heteroatoms. The van der Waals surface area contributed by atoms with E-state index in [1.165, 1.54) is 17.2 Å². The number of alkyl carbamates (subject to hydrolysis) is 1. The van der Waals surface area contributed by atoms with E-state index in [0.717, 1.165) is 34.2 Å². The zero-order valence-corrected chi connectivity index (χ0v) is 22.1. The summed E-state index contributed by atoms with van der Waals surface area (Å²) in [5.74, 6) is 0.0566. The van der Waals surface area contributed by atoms with Gasteiger partial charge in [0.2, 0.25) is 0 Å². The fourth-order valence-corrected chi connectivity index (χ4v) is 6.72. The molecule has 0 radical (unpaired) electrons. The van der Waals surface area contributed by atoms with Gasteiger partial charge in [-0.15, -0.1) is 0 Å². The Labute approximate surface area is 226 Å². The molecule has 4 aromatic carbocycles. The van der Waals surface area contributed by atoms with Gasteiger partial charge in [0.05, 0.1) is 10.9 Å². The Morgan fingerprint density at radius 1 is 0.789 bits per heavy atom. The first kappa shape index (κ1) is 24.7. The molecule has 0 saturated heterocycles. The molecule has 5 nitrogen and oxygen atoms in total. The lowest BCUT2D eigenvalue weighted by Gasteiger charge is -2.32. The van der Waals surface area contributed by atoms with Crippen LogP contribution in [0.5, 0.6) is 0 Å². The number of ether oxygens (including phenoxy) is 1. The van der Waals surface area contributed by atoms with E-state index in [1.54, 1.807) is 6.07 Å². The van der Waals surface area contributed by atoms with E-state index < -0.39 is 15.1 Å². The Hall–Kier alpha value is -3.61. The van der Waals surface area contributed by atoms with E-state index in [9.17, 15) is 13.2 Å². The molecule has 0 aromatic heterocycles. The predicted molar refractivity (Wildman–Crippen MR) is 148 cm³/mol. The van der Waals surface area contributed by atoms with Crippen LogP contribution in [0, 0.1) is 0 Å². The van der Waals surface area contributed by atoms with E-state index in [1.807, 2.05) is 48.5 Å². The zero-order valence-electron chi connectivity index (χ0n) is 20.5. The maximum absolute atomic E-state index is 13.1. The second kappa shape index (κ2) is 9.93. The maximum Gasteiger partial charge on any atom is 0.407 e. The highest BCUT2D eigenvalue weighted by Crippen LogP contribution is 2.45. The fourth-order valence-electron chi connectivity index (χ4n) is 5.93. The van der Waals surface area contributed by atoms with E-state index >= 15 is 0 Å². The number of hydrogen-bond donors (Lipinski definition) is 1. The van der Waals surface area contributed by atoms with Crippen molar-refractivity contribution in [2.75, 3.05) is 6.61 Å². The molecule has 2 atom stereocenters. The summed E-state index contributed by atoms with van der Waals surface area (Å²) in [6, 6.07) is 31.0. The Morgan fingerprint density at radius 3 is 2.08 bits per heavy atom. The second-order valence-corrected chi connectivity index (χ2v) is 12.4. The third-order valence-electron chi connectivity index (χ3n) is 7.67. The molecule has 0 spiro atoms. The average molecular weight is 544 g/mol. The van der Waals surface area contributed by atoms with Crippen LogP contribution < -0.4 is 5.32 Å². The molecule has 4 aromatic rings. The Kier molecular flexibility index (Phi) is 6.46. The standard InChI is InChI=1S/C31H26ClNO4S/c32-38(35,36)21-14-15-27-22(20-8-2-1-3-9-20)16-17-30(28(27)18-21)33-31(34)37-19-29-25-12-6-4-10-23(25)24-11-5-7-13-26(24)29/h1-15,18,22,29-30H,16-17,19H2,(H,33,34)/t22-,30-/m0/s1. The fraction of sp³-hybridized carbons (Fsp3) is 0.194. The number of rotatable bonds is 5. The van der Waals surface area contributed by atoms with Crippen LogP contribution in [-0.2, 0) is 13.8 Å². The minimum atomic E-state index is -3.92. The highest BCUT2D eigenvalue weighted by Gasteiger charge is 2.32. The number of carbonyl (C=O) groups excluding carboxylic acids is 1. The Morgan fingerprint density at radius 2 is 1.42 bits per heavy atom. The molecule has 0 saturated carbocycles. The Balaban J connectivity index is 1.24. The molecule has 0 heterocycles. The molecule has 2 aliphatic carbocycles. The first-order chi connectivity index (χ1) is 18.4. The smallest absolute Gasteiger partial charge is 0.407 e. The molecule has 0 bridgehead atoms. The third-order valence-corrected chi connectivity index (χ3v) is 9.02. The number of benzene rings is 4. The van der Waals surface area contributed by atoms with Crippen LogP contribution in [0.1, 0.15) is 58.5 Å². The van der Waals surface area contributed by atoms with Crippen molar-refractivity contribution in [3.05, 3.63) is 125 Å². The van der Waals surface area contributed by atoms with Crippen LogP contribution in [0.15, 0.2) is 102 Å². The summed E-state index contributed by atoms with van der Waals surface area (Å²) in [6.45, 7) is 0.210. The molecule has 192 valence electrons. The van der Waals surface area contributed by atoms with Gasteiger partial charge in [0.25, 0.3) is 9.05 Å². The predicted octanol–water partition coefficient (Wildman–Crippen LogP) is 7.12. The number of amides is 1. The molecule has 1 amide bonds. The van der Waals surface area contributed by atoms with Crippen molar-refractivity contribution >= 4 is 25.8 Å².